The lowest BCUT2D eigenvalue weighted by Crippen LogP contribution is -2.37. The summed E-state index contributed by atoms with van der Waals surface area (Å²) in [6, 6.07) is 5.26. The maximum atomic E-state index is 12.9. The highest BCUT2D eigenvalue weighted by Gasteiger charge is 2.30. The first-order valence-electron chi connectivity index (χ1n) is 13.0. The lowest BCUT2D eigenvalue weighted by atomic mass is 9.88. The number of methoxy groups -OCH3 is 2. The summed E-state index contributed by atoms with van der Waals surface area (Å²) in [6.07, 6.45) is 2.15. The Morgan fingerprint density at radius 1 is 1.18 bits per heavy atom. The zero-order valence-corrected chi connectivity index (χ0v) is 23.6. The minimum atomic E-state index is -0.932. The SMILES string of the molecule is CO[C@H]1C[C@H](C)Cc2cc(N=[N+]=[N-])cc(c2)NC(=O)/C(C)=C/CC[C@H](OC)[C@@H](OC(N)=O)/C(C)=C/[C@H](C)[C@H]1O. The van der Waals surface area contributed by atoms with Gasteiger partial charge in [0, 0.05) is 42.0 Å². The van der Waals surface area contributed by atoms with E-state index in [-0.39, 0.29) is 17.7 Å². The Bertz CT molecular complexity index is 1110. The number of azide groups is 1. The van der Waals surface area contributed by atoms with E-state index in [2.05, 4.69) is 15.3 Å². The molecule has 0 aromatic heterocycles. The van der Waals surface area contributed by atoms with Gasteiger partial charge in [0.1, 0.15) is 0 Å². The average molecular weight is 544 g/mol. The fourth-order valence-corrected chi connectivity index (χ4v) is 4.94. The van der Waals surface area contributed by atoms with Gasteiger partial charge in [-0.15, -0.1) is 0 Å². The van der Waals surface area contributed by atoms with Crippen molar-refractivity contribution in [2.75, 3.05) is 19.5 Å². The van der Waals surface area contributed by atoms with Gasteiger partial charge >= 0.3 is 6.09 Å². The third kappa shape index (κ3) is 9.71. The highest BCUT2D eigenvalue weighted by molar-refractivity contribution is 6.03. The van der Waals surface area contributed by atoms with Crippen LogP contribution in [0, 0.1) is 11.8 Å². The van der Waals surface area contributed by atoms with Gasteiger partial charge in [0.05, 0.1) is 18.3 Å². The summed E-state index contributed by atoms with van der Waals surface area (Å²) < 4.78 is 16.7. The monoisotopic (exact) mass is 543 g/mol. The number of carbonyl (C=O) groups excluding carboxylic acids is 2. The summed E-state index contributed by atoms with van der Waals surface area (Å²) in [5.41, 5.74) is 17.3. The van der Waals surface area contributed by atoms with E-state index >= 15 is 0 Å². The molecule has 1 aromatic carbocycles. The Morgan fingerprint density at radius 3 is 2.49 bits per heavy atom. The first-order chi connectivity index (χ1) is 18.5. The van der Waals surface area contributed by atoms with Crippen molar-refractivity contribution in [2.24, 2.45) is 22.7 Å². The van der Waals surface area contributed by atoms with Crippen molar-refractivity contribution in [3.63, 3.8) is 0 Å². The number of aliphatic hydroxyl groups excluding tert-OH is 1. The summed E-state index contributed by atoms with van der Waals surface area (Å²) in [5, 5.41) is 17.8. The summed E-state index contributed by atoms with van der Waals surface area (Å²) >= 11 is 0. The van der Waals surface area contributed by atoms with E-state index in [0.29, 0.717) is 48.2 Å². The van der Waals surface area contributed by atoms with Crippen LogP contribution in [0.4, 0.5) is 16.2 Å². The summed E-state index contributed by atoms with van der Waals surface area (Å²) in [7, 11) is 3.08. The first kappa shape index (κ1) is 31.8. The molecule has 1 heterocycles. The smallest absolute Gasteiger partial charge is 0.405 e. The van der Waals surface area contributed by atoms with E-state index in [1.807, 2.05) is 26.0 Å². The molecule has 0 aliphatic carbocycles. The van der Waals surface area contributed by atoms with Gasteiger partial charge in [-0.05, 0) is 80.3 Å². The van der Waals surface area contributed by atoms with Gasteiger partial charge in [-0.1, -0.05) is 31.1 Å². The number of ether oxygens (including phenoxy) is 3. The molecule has 11 nitrogen and oxygen atoms in total. The molecule has 4 N–H and O–H groups in total. The molecule has 2 bridgehead atoms. The van der Waals surface area contributed by atoms with Gasteiger partial charge in [-0.2, -0.15) is 0 Å². The second kappa shape index (κ2) is 15.3. The molecule has 0 radical (unpaired) electrons. The van der Waals surface area contributed by atoms with Crippen LogP contribution in [-0.4, -0.2) is 55.7 Å². The second-order valence-electron chi connectivity index (χ2n) is 10.2. The fraction of sp³-hybridized carbons (Fsp3) is 0.571. The number of nitrogens with two attached hydrogens (primary N) is 1. The van der Waals surface area contributed by atoms with Crippen molar-refractivity contribution in [3.8, 4) is 0 Å². The third-order valence-corrected chi connectivity index (χ3v) is 6.95. The number of hydrogen-bond donors (Lipinski definition) is 3. The number of hydrogen-bond acceptors (Lipinski definition) is 7. The Balaban J connectivity index is 2.52. The number of fused-ring (bicyclic) bond motifs is 2. The summed E-state index contributed by atoms with van der Waals surface area (Å²) in [5.74, 6) is -0.541. The van der Waals surface area contributed by atoms with Gasteiger partial charge in [0.2, 0.25) is 0 Å². The number of amides is 2. The predicted octanol–water partition coefficient (Wildman–Crippen LogP) is 5.31. The number of allylic oxidation sites excluding steroid dienone is 1. The standard InChI is InChI=1S/C28H41N5O6/c1-16-10-20-13-21(15-22(14-20)32-33-30)31-27(35)17(2)8-7-9-23(37-5)26(39-28(29)36)19(4)12-18(3)25(34)24(11-16)38-6/h8,12-16,18,23-26,34H,7,9-11H2,1-6H3,(H2,29,36)(H,31,35)/b17-8+,19-12+/t16-,18+,23+,24+,25-,26+/m1/s1. The molecule has 1 aliphatic rings. The molecule has 2 rings (SSSR count). The predicted molar refractivity (Wildman–Crippen MR) is 149 cm³/mol. The van der Waals surface area contributed by atoms with E-state index in [9.17, 15) is 14.7 Å². The lowest BCUT2D eigenvalue weighted by molar-refractivity contribution is -0.112. The number of rotatable bonds is 4. The van der Waals surface area contributed by atoms with Crippen molar-refractivity contribution in [3.05, 3.63) is 57.5 Å². The maximum absolute atomic E-state index is 12.9. The van der Waals surface area contributed by atoms with Crippen molar-refractivity contribution in [2.45, 2.75) is 77.8 Å². The number of carbonyl (C=O) groups is 2. The summed E-state index contributed by atoms with van der Waals surface area (Å²) in [6.45, 7) is 7.42. The van der Waals surface area contributed by atoms with Crippen LogP contribution in [0.3, 0.4) is 0 Å². The van der Waals surface area contributed by atoms with E-state index < -0.39 is 30.5 Å². The minimum Gasteiger partial charge on any atom is -0.439 e. The highest BCUT2D eigenvalue weighted by atomic mass is 16.6. The van der Waals surface area contributed by atoms with Gasteiger partial charge in [0.25, 0.3) is 5.91 Å². The Hall–Kier alpha value is -3.37. The number of aliphatic hydroxyl groups is 1. The van der Waals surface area contributed by atoms with Crippen LogP contribution in [0.15, 0.2) is 46.6 Å². The molecule has 0 fully saturated rings. The summed E-state index contributed by atoms with van der Waals surface area (Å²) in [4.78, 5) is 27.5. The number of primary amides is 1. The molecule has 0 spiro atoms. The van der Waals surface area contributed by atoms with Crippen LogP contribution in [0.25, 0.3) is 10.4 Å². The van der Waals surface area contributed by atoms with E-state index in [1.165, 1.54) is 7.11 Å². The van der Waals surface area contributed by atoms with E-state index in [1.54, 1.807) is 39.2 Å². The van der Waals surface area contributed by atoms with Gasteiger partial charge in [-0.25, -0.2) is 4.79 Å². The first-order valence-corrected chi connectivity index (χ1v) is 13.0. The van der Waals surface area contributed by atoms with E-state index in [0.717, 1.165) is 5.56 Å². The zero-order chi connectivity index (χ0) is 29.1. The average Bonchev–Trinajstić information content (AvgIpc) is 2.87. The highest BCUT2D eigenvalue weighted by Crippen LogP contribution is 2.28. The number of nitrogens with zero attached hydrogens (tertiary/aromatic N) is 3. The van der Waals surface area contributed by atoms with Crippen LogP contribution in [0.2, 0.25) is 0 Å². The molecule has 0 saturated carbocycles. The van der Waals surface area contributed by atoms with Crippen LogP contribution >= 0.6 is 0 Å². The lowest BCUT2D eigenvalue weighted by Gasteiger charge is -2.30. The minimum absolute atomic E-state index is 0.0827. The molecule has 6 atom stereocenters. The normalized spacial score (nSPS) is 30.1. The molecule has 11 heteroatoms. The molecule has 1 aliphatic heterocycles. The number of nitrogens with one attached hydrogen (secondary N) is 1. The molecule has 2 amide bonds. The van der Waals surface area contributed by atoms with Crippen LogP contribution < -0.4 is 11.1 Å². The topological polar surface area (TPSA) is 169 Å². The quantitative estimate of drug-likeness (QED) is 0.201. The van der Waals surface area contributed by atoms with Gasteiger partial charge in [0.15, 0.2) is 6.10 Å². The molecule has 214 valence electrons. The van der Waals surface area contributed by atoms with Crippen LogP contribution in [0.1, 0.15) is 52.5 Å². The molecular formula is C28H41N5O6. The maximum Gasteiger partial charge on any atom is 0.405 e. The molecule has 0 saturated heterocycles. The molecule has 39 heavy (non-hydrogen) atoms. The Morgan fingerprint density at radius 2 is 1.87 bits per heavy atom. The zero-order valence-electron chi connectivity index (χ0n) is 23.6. The molecule has 0 unspecified atom stereocenters. The number of anilines is 1. The molecule has 1 aromatic rings. The van der Waals surface area contributed by atoms with Crippen molar-refractivity contribution < 1.29 is 28.9 Å². The van der Waals surface area contributed by atoms with Crippen LogP contribution in [0.5, 0.6) is 0 Å². The fourth-order valence-electron chi connectivity index (χ4n) is 4.94. The van der Waals surface area contributed by atoms with E-state index in [4.69, 9.17) is 25.5 Å². The van der Waals surface area contributed by atoms with Crippen molar-refractivity contribution >= 4 is 23.4 Å². The van der Waals surface area contributed by atoms with Crippen LogP contribution in [-0.2, 0) is 25.4 Å². The Labute approximate surface area is 230 Å². The largest absolute Gasteiger partial charge is 0.439 e. The third-order valence-electron chi connectivity index (χ3n) is 6.95. The van der Waals surface area contributed by atoms with Crippen molar-refractivity contribution in [1.29, 1.82) is 0 Å². The van der Waals surface area contributed by atoms with Gasteiger partial charge < -0.3 is 30.4 Å². The second-order valence-corrected chi connectivity index (χ2v) is 10.2. The van der Waals surface area contributed by atoms with Gasteiger partial charge in [-0.3, -0.25) is 4.79 Å². The Kier molecular flexibility index (Phi) is 12.5. The van der Waals surface area contributed by atoms with Crippen molar-refractivity contribution in [1.82, 2.24) is 0 Å². The molecular weight excluding hydrogens is 502 g/mol. The number of benzene rings is 1.